The van der Waals surface area contributed by atoms with E-state index in [2.05, 4.69) is 27.0 Å². The average molecular weight is 491 g/mol. The molecule has 3 aliphatic rings. The van der Waals surface area contributed by atoms with Crippen molar-refractivity contribution in [1.82, 2.24) is 9.91 Å². The molecule has 1 saturated heterocycles. The summed E-state index contributed by atoms with van der Waals surface area (Å²) in [7, 11) is 0. The molecule has 1 atom stereocenters. The molecule has 0 radical (unpaired) electrons. The molecule has 5 rings (SSSR count). The number of halogens is 2. The maximum absolute atomic E-state index is 11.8. The molecule has 0 aliphatic carbocycles. The van der Waals surface area contributed by atoms with Gasteiger partial charge in [-0.15, -0.1) is 0 Å². The van der Waals surface area contributed by atoms with E-state index in [0.717, 1.165) is 21.5 Å². The molecule has 1 spiro atoms. The number of benzene rings is 2. The Balaban J connectivity index is 1.58. The van der Waals surface area contributed by atoms with Gasteiger partial charge in [0.15, 0.2) is 0 Å². The van der Waals surface area contributed by atoms with Crippen LogP contribution in [-0.4, -0.2) is 45.4 Å². The van der Waals surface area contributed by atoms with Crippen LogP contribution in [0.15, 0.2) is 46.0 Å². The summed E-state index contributed by atoms with van der Waals surface area (Å²) in [5, 5.41) is 18.0. The lowest BCUT2D eigenvalue weighted by atomic mass is 9.90. The molecule has 6 nitrogen and oxygen atoms in total. The van der Waals surface area contributed by atoms with Crippen LogP contribution in [-0.2, 0) is 4.79 Å². The van der Waals surface area contributed by atoms with Crippen molar-refractivity contribution < 1.29 is 14.6 Å². The molecule has 0 aromatic heterocycles. The molecular formula is C22H21BrClN3O3. The summed E-state index contributed by atoms with van der Waals surface area (Å²) in [6.45, 7) is 2.85. The number of aromatic hydroxyl groups is 1. The minimum Gasteiger partial charge on any atom is -0.507 e. The van der Waals surface area contributed by atoms with Crippen molar-refractivity contribution in [2.45, 2.75) is 38.0 Å². The number of hydrogen-bond donors (Lipinski definition) is 1. The molecule has 0 unspecified atom stereocenters. The van der Waals surface area contributed by atoms with E-state index in [0.29, 0.717) is 42.9 Å². The topological polar surface area (TPSA) is 65.4 Å². The summed E-state index contributed by atoms with van der Waals surface area (Å²) in [6.07, 6.45) is 1.96. The molecule has 1 amide bonds. The summed E-state index contributed by atoms with van der Waals surface area (Å²) in [5.41, 5.74) is 1.87. The lowest BCUT2D eigenvalue weighted by molar-refractivity contribution is -0.158. The number of carbonyl (C=O) groups is 1. The number of hydrazone groups is 1. The number of fused-ring (bicyclic) bond motifs is 4. The van der Waals surface area contributed by atoms with Gasteiger partial charge in [-0.2, -0.15) is 5.10 Å². The van der Waals surface area contributed by atoms with Crippen LogP contribution in [0.2, 0.25) is 5.02 Å². The van der Waals surface area contributed by atoms with Crippen LogP contribution < -0.4 is 4.74 Å². The van der Waals surface area contributed by atoms with Crippen LogP contribution >= 0.6 is 27.5 Å². The highest BCUT2D eigenvalue weighted by atomic mass is 79.9. The first-order valence-electron chi connectivity index (χ1n) is 9.96. The largest absolute Gasteiger partial charge is 0.507 e. The highest BCUT2D eigenvalue weighted by Gasteiger charge is 2.52. The minimum atomic E-state index is -0.618. The van der Waals surface area contributed by atoms with Gasteiger partial charge in [-0.25, -0.2) is 5.01 Å². The lowest BCUT2D eigenvalue weighted by Crippen LogP contribution is -2.59. The van der Waals surface area contributed by atoms with Gasteiger partial charge in [0.1, 0.15) is 11.5 Å². The van der Waals surface area contributed by atoms with Crippen molar-refractivity contribution in [1.29, 1.82) is 0 Å². The normalized spacial score (nSPS) is 21.7. The van der Waals surface area contributed by atoms with E-state index in [-0.39, 0.29) is 17.7 Å². The van der Waals surface area contributed by atoms with Gasteiger partial charge in [0.2, 0.25) is 11.6 Å². The van der Waals surface area contributed by atoms with Gasteiger partial charge in [0, 0.05) is 59.9 Å². The maximum atomic E-state index is 11.8. The maximum Gasteiger partial charge on any atom is 0.219 e. The highest BCUT2D eigenvalue weighted by molar-refractivity contribution is 9.10. The van der Waals surface area contributed by atoms with Crippen molar-refractivity contribution in [3.63, 3.8) is 0 Å². The minimum absolute atomic E-state index is 0.0106. The van der Waals surface area contributed by atoms with E-state index in [4.69, 9.17) is 21.4 Å². The molecule has 3 aliphatic heterocycles. The molecule has 1 N–H and O–H groups in total. The van der Waals surface area contributed by atoms with Crippen molar-refractivity contribution >= 4 is 39.1 Å². The molecule has 30 heavy (non-hydrogen) atoms. The van der Waals surface area contributed by atoms with Crippen molar-refractivity contribution in [2.75, 3.05) is 13.1 Å². The zero-order valence-corrected chi connectivity index (χ0v) is 18.8. The van der Waals surface area contributed by atoms with Gasteiger partial charge in [-0.05, 0) is 36.4 Å². The summed E-state index contributed by atoms with van der Waals surface area (Å²) < 4.78 is 7.55. The van der Waals surface area contributed by atoms with Crippen molar-refractivity contribution in [2.24, 2.45) is 5.10 Å². The fourth-order valence-corrected chi connectivity index (χ4v) is 5.21. The summed E-state index contributed by atoms with van der Waals surface area (Å²) in [5.74, 6) is 1.09. The second-order valence-corrected chi connectivity index (χ2v) is 9.36. The average Bonchev–Trinajstić information content (AvgIpc) is 3.17. The Labute approximate surface area is 188 Å². The van der Waals surface area contributed by atoms with Gasteiger partial charge in [0.05, 0.1) is 11.8 Å². The van der Waals surface area contributed by atoms with Crippen molar-refractivity contribution in [3.05, 3.63) is 57.0 Å². The highest BCUT2D eigenvalue weighted by Crippen LogP contribution is 2.51. The molecule has 0 saturated carbocycles. The Bertz CT molecular complexity index is 1070. The molecule has 1 fully saturated rings. The fourth-order valence-electron chi connectivity index (χ4n) is 4.66. The van der Waals surface area contributed by atoms with E-state index < -0.39 is 5.72 Å². The number of piperidine rings is 1. The fraction of sp³-hybridized carbons (Fsp3) is 0.364. The van der Waals surface area contributed by atoms with Crippen LogP contribution in [0.5, 0.6) is 11.5 Å². The number of nitrogens with zero attached hydrogens (tertiary/aromatic N) is 3. The number of phenolic OH excluding ortho intramolecular Hbond substituents is 1. The summed E-state index contributed by atoms with van der Waals surface area (Å²) in [6, 6.07) is 11.0. The van der Waals surface area contributed by atoms with E-state index in [1.807, 2.05) is 17.0 Å². The van der Waals surface area contributed by atoms with Crippen LogP contribution in [0, 0.1) is 0 Å². The molecule has 156 valence electrons. The third-order valence-corrected chi connectivity index (χ3v) is 6.95. The number of phenols is 1. The quantitative estimate of drug-likeness (QED) is 0.630. The monoisotopic (exact) mass is 489 g/mol. The van der Waals surface area contributed by atoms with Crippen molar-refractivity contribution in [3.8, 4) is 11.5 Å². The van der Waals surface area contributed by atoms with E-state index in [9.17, 15) is 9.90 Å². The second kappa shape index (κ2) is 7.17. The van der Waals surface area contributed by atoms with E-state index >= 15 is 0 Å². The number of carbonyl (C=O) groups excluding carboxylic acids is 1. The third kappa shape index (κ3) is 3.15. The van der Waals surface area contributed by atoms with Gasteiger partial charge in [0.25, 0.3) is 0 Å². The van der Waals surface area contributed by atoms with Crippen LogP contribution in [0.25, 0.3) is 0 Å². The smallest absolute Gasteiger partial charge is 0.219 e. The predicted molar refractivity (Wildman–Crippen MR) is 118 cm³/mol. The Kier molecular flexibility index (Phi) is 4.71. The van der Waals surface area contributed by atoms with Crippen LogP contribution in [0.4, 0.5) is 0 Å². The number of hydrogen-bond acceptors (Lipinski definition) is 5. The number of likely N-dealkylation sites (tertiary alicyclic amines) is 1. The molecule has 2 aromatic rings. The zero-order valence-electron chi connectivity index (χ0n) is 16.4. The van der Waals surface area contributed by atoms with Gasteiger partial charge in [-0.3, -0.25) is 4.79 Å². The Hall–Kier alpha value is -2.25. The van der Waals surface area contributed by atoms with Gasteiger partial charge < -0.3 is 14.7 Å². The first-order valence-corrected chi connectivity index (χ1v) is 11.1. The van der Waals surface area contributed by atoms with Gasteiger partial charge >= 0.3 is 0 Å². The molecule has 0 bridgehead atoms. The SMILES string of the molecule is CC(=O)N1CCC2(CC1)Oc1ccc(Br)cc1[C@H]1CC(c3cc(Cl)ccc3O)=NN12. The Morgan fingerprint density at radius 2 is 2.03 bits per heavy atom. The number of amides is 1. The number of rotatable bonds is 1. The predicted octanol–water partition coefficient (Wildman–Crippen LogP) is 4.69. The lowest BCUT2D eigenvalue weighted by Gasteiger charge is -2.51. The molecule has 8 heteroatoms. The molecular weight excluding hydrogens is 470 g/mol. The summed E-state index contributed by atoms with van der Waals surface area (Å²) in [4.78, 5) is 13.7. The van der Waals surface area contributed by atoms with E-state index in [1.165, 1.54) is 0 Å². The first kappa shape index (κ1) is 19.7. The standard InChI is InChI=1S/C22H21BrClN3O3/c1-13(28)26-8-6-22(7-9-26)27-19(17-10-14(23)2-5-21(17)30-22)12-18(25-27)16-11-15(24)3-4-20(16)29/h2-5,10-11,19,29H,6-9,12H2,1H3/t19-/m1/s1. The summed E-state index contributed by atoms with van der Waals surface area (Å²) >= 11 is 9.76. The van der Waals surface area contributed by atoms with Gasteiger partial charge in [-0.1, -0.05) is 27.5 Å². The molecule has 3 heterocycles. The second-order valence-electron chi connectivity index (χ2n) is 8.01. The Morgan fingerprint density at radius 1 is 1.27 bits per heavy atom. The first-order chi connectivity index (χ1) is 14.4. The van der Waals surface area contributed by atoms with Crippen LogP contribution in [0.1, 0.15) is 43.4 Å². The van der Waals surface area contributed by atoms with Crippen LogP contribution in [0.3, 0.4) is 0 Å². The molecule has 2 aromatic carbocycles. The Morgan fingerprint density at radius 3 is 2.77 bits per heavy atom. The number of ether oxygens (including phenoxy) is 1. The van der Waals surface area contributed by atoms with E-state index in [1.54, 1.807) is 25.1 Å². The zero-order chi connectivity index (χ0) is 21.0. The third-order valence-electron chi connectivity index (χ3n) is 6.22.